The third kappa shape index (κ3) is 4.99. The van der Waals surface area contributed by atoms with Crippen molar-refractivity contribution >= 4 is 11.8 Å². The molecule has 0 radical (unpaired) electrons. The maximum absolute atomic E-state index is 12.2. The molecule has 2 amide bonds. The van der Waals surface area contributed by atoms with Crippen molar-refractivity contribution in [3.8, 4) is 11.5 Å². The molecule has 0 heterocycles. The molecule has 0 aliphatic rings. The Balaban J connectivity index is 1.92. The highest BCUT2D eigenvalue weighted by molar-refractivity contribution is 5.97. The number of methoxy groups -OCH3 is 2. The fraction of sp³-hybridized carbons (Fsp3) is 0.300. The van der Waals surface area contributed by atoms with Gasteiger partial charge in [0.15, 0.2) is 11.5 Å². The van der Waals surface area contributed by atoms with Crippen molar-refractivity contribution < 1.29 is 19.1 Å². The lowest BCUT2D eigenvalue weighted by Gasteiger charge is -2.15. The predicted molar refractivity (Wildman–Crippen MR) is 99.5 cm³/mol. The molecule has 138 valence electrons. The monoisotopic (exact) mass is 356 g/mol. The summed E-state index contributed by atoms with van der Waals surface area (Å²) in [5, 5.41) is 5.51. The van der Waals surface area contributed by atoms with E-state index in [0.717, 1.165) is 11.1 Å². The highest BCUT2D eigenvalue weighted by Crippen LogP contribution is 2.27. The van der Waals surface area contributed by atoms with Gasteiger partial charge in [-0.05, 0) is 43.7 Å². The number of nitrogens with one attached hydrogen (secondary N) is 2. The van der Waals surface area contributed by atoms with Gasteiger partial charge in [-0.25, -0.2) is 0 Å². The lowest BCUT2D eigenvalue weighted by molar-refractivity contribution is -0.122. The number of hydrogen-bond acceptors (Lipinski definition) is 4. The van der Waals surface area contributed by atoms with Crippen molar-refractivity contribution in [1.82, 2.24) is 10.6 Å². The summed E-state index contributed by atoms with van der Waals surface area (Å²) in [6.07, 6.45) is 0. The van der Waals surface area contributed by atoms with E-state index < -0.39 is 6.04 Å². The van der Waals surface area contributed by atoms with Gasteiger partial charge in [-0.15, -0.1) is 0 Å². The summed E-state index contributed by atoms with van der Waals surface area (Å²) in [6.45, 7) is 3.89. The van der Waals surface area contributed by atoms with Gasteiger partial charge in [-0.1, -0.05) is 23.8 Å². The Labute approximate surface area is 153 Å². The van der Waals surface area contributed by atoms with Crippen LogP contribution in [0.15, 0.2) is 42.5 Å². The Bertz CT molecular complexity index is 789. The second-order valence-electron chi connectivity index (χ2n) is 5.97. The third-order valence-electron chi connectivity index (χ3n) is 3.94. The first-order valence-electron chi connectivity index (χ1n) is 8.30. The number of rotatable bonds is 7. The standard InChI is InChI=1S/C20H24N2O4/c1-13-6-5-7-16(10-13)20(24)22-14(2)19(23)21-12-15-8-9-17(25-3)18(11-15)26-4/h5-11,14H,12H2,1-4H3,(H,21,23)(H,22,24)/t14-/m1/s1. The molecule has 0 aliphatic heterocycles. The quantitative estimate of drug-likeness (QED) is 0.799. The largest absolute Gasteiger partial charge is 0.493 e. The van der Waals surface area contributed by atoms with Gasteiger partial charge in [0.25, 0.3) is 5.91 Å². The first-order valence-corrected chi connectivity index (χ1v) is 8.30. The molecule has 2 aromatic rings. The molecule has 26 heavy (non-hydrogen) atoms. The molecule has 0 fully saturated rings. The Morgan fingerprint density at radius 3 is 2.42 bits per heavy atom. The van der Waals surface area contributed by atoms with E-state index in [-0.39, 0.29) is 11.8 Å². The zero-order chi connectivity index (χ0) is 19.1. The minimum Gasteiger partial charge on any atom is -0.493 e. The van der Waals surface area contributed by atoms with Crippen molar-refractivity contribution in [3.63, 3.8) is 0 Å². The number of aryl methyl sites for hydroxylation is 1. The van der Waals surface area contributed by atoms with Crippen LogP contribution in [0, 0.1) is 6.92 Å². The predicted octanol–water partition coefficient (Wildman–Crippen LogP) is 2.45. The summed E-state index contributed by atoms with van der Waals surface area (Å²) in [5.41, 5.74) is 2.39. The number of ether oxygens (including phenoxy) is 2. The van der Waals surface area contributed by atoms with Gasteiger partial charge < -0.3 is 20.1 Å². The second-order valence-corrected chi connectivity index (χ2v) is 5.97. The van der Waals surface area contributed by atoms with Gasteiger partial charge in [0.05, 0.1) is 14.2 Å². The van der Waals surface area contributed by atoms with Gasteiger partial charge in [-0.3, -0.25) is 9.59 Å². The molecule has 1 atom stereocenters. The Kier molecular flexibility index (Phi) is 6.60. The van der Waals surface area contributed by atoms with E-state index in [1.165, 1.54) is 0 Å². The lowest BCUT2D eigenvalue weighted by Crippen LogP contribution is -2.44. The van der Waals surface area contributed by atoms with Crippen LogP contribution in [0.4, 0.5) is 0 Å². The number of amides is 2. The summed E-state index contributed by atoms with van der Waals surface area (Å²) >= 11 is 0. The number of benzene rings is 2. The van der Waals surface area contributed by atoms with Crippen molar-refractivity contribution in [1.29, 1.82) is 0 Å². The molecule has 6 nitrogen and oxygen atoms in total. The molecule has 0 unspecified atom stereocenters. The summed E-state index contributed by atoms with van der Waals surface area (Å²) in [5.74, 6) is 0.685. The van der Waals surface area contributed by atoms with Crippen LogP contribution in [0.3, 0.4) is 0 Å². The number of carbonyl (C=O) groups is 2. The average molecular weight is 356 g/mol. The number of carbonyl (C=O) groups excluding carboxylic acids is 2. The molecule has 0 bridgehead atoms. The van der Waals surface area contributed by atoms with Gasteiger partial charge >= 0.3 is 0 Å². The fourth-order valence-corrected chi connectivity index (χ4v) is 2.46. The first kappa shape index (κ1) is 19.3. The molecular formula is C20H24N2O4. The molecular weight excluding hydrogens is 332 g/mol. The molecule has 2 aromatic carbocycles. The normalized spacial score (nSPS) is 11.4. The van der Waals surface area contributed by atoms with E-state index in [1.54, 1.807) is 45.4 Å². The smallest absolute Gasteiger partial charge is 0.251 e. The van der Waals surface area contributed by atoms with Crippen LogP contribution >= 0.6 is 0 Å². The van der Waals surface area contributed by atoms with E-state index in [0.29, 0.717) is 23.6 Å². The third-order valence-corrected chi connectivity index (χ3v) is 3.94. The maximum atomic E-state index is 12.2. The number of hydrogen-bond donors (Lipinski definition) is 2. The highest BCUT2D eigenvalue weighted by atomic mass is 16.5. The van der Waals surface area contributed by atoms with Crippen LogP contribution in [0.5, 0.6) is 11.5 Å². The zero-order valence-electron chi connectivity index (χ0n) is 15.5. The van der Waals surface area contributed by atoms with Crippen LogP contribution in [0.1, 0.15) is 28.4 Å². The molecule has 6 heteroatoms. The Morgan fingerprint density at radius 1 is 1.04 bits per heavy atom. The molecule has 0 saturated heterocycles. The average Bonchev–Trinajstić information content (AvgIpc) is 2.65. The molecule has 0 saturated carbocycles. The van der Waals surface area contributed by atoms with Crippen LogP contribution in [0.25, 0.3) is 0 Å². The van der Waals surface area contributed by atoms with Gasteiger partial charge in [0, 0.05) is 12.1 Å². The zero-order valence-corrected chi connectivity index (χ0v) is 15.5. The summed E-state index contributed by atoms with van der Waals surface area (Å²) < 4.78 is 10.4. The van der Waals surface area contributed by atoms with E-state index in [9.17, 15) is 9.59 Å². The van der Waals surface area contributed by atoms with E-state index in [2.05, 4.69) is 10.6 Å². The maximum Gasteiger partial charge on any atom is 0.251 e. The highest BCUT2D eigenvalue weighted by Gasteiger charge is 2.16. The van der Waals surface area contributed by atoms with Crippen LogP contribution in [-0.2, 0) is 11.3 Å². The topological polar surface area (TPSA) is 76.7 Å². The van der Waals surface area contributed by atoms with E-state index >= 15 is 0 Å². The summed E-state index contributed by atoms with van der Waals surface area (Å²) in [4.78, 5) is 24.5. The van der Waals surface area contributed by atoms with E-state index in [4.69, 9.17) is 9.47 Å². The van der Waals surface area contributed by atoms with Crippen LogP contribution < -0.4 is 20.1 Å². The van der Waals surface area contributed by atoms with E-state index in [1.807, 2.05) is 25.1 Å². The van der Waals surface area contributed by atoms with Crippen molar-refractivity contribution in [2.45, 2.75) is 26.4 Å². The molecule has 2 N–H and O–H groups in total. The Hall–Kier alpha value is -3.02. The first-order chi connectivity index (χ1) is 12.4. The summed E-state index contributed by atoms with van der Waals surface area (Å²) in [7, 11) is 3.13. The second kappa shape index (κ2) is 8.89. The molecule has 0 aromatic heterocycles. The molecule has 2 rings (SSSR count). The van der Waals surface area contributed by atoms with Crippen LogP contribution in [-0.4, -0.2) is 32.1 Å². The lowest BCUT2D eigenvalue weighted by atomic mass is 10.1. The van der Waals surface area contributed by atoms with Crippen molar-refractivity contribution in [2.24, 2.45) is 0 Å². The minimum absolute atomic E-state index is 0.263. The van der Waals surface area contributed by atoms with Gasteiger partial charge in [0.1, 0.15) is 6.04 Å². The molecule has 0 spiro atoms. The van der Waals surface area contributed by atoms with Crippen LogP contribution in [0.2, 0.25) is 0 Å². The van der Waals surface area contributed by atoms with Gasteiger partial charge in [-0.2, -0.15) is 0 Å². The Morgan fingerprint density at radius 2 is 1.77 bits per heavy atom. The minimum atomic E-state index is -0.650. The van der Waals surface area contributed by atoms with Gasteiger partial charge in [0.2, 0.25) is 5.91 Å². The molecule has 0 aliphatic carbocycles. The SMILES string of the molecule is COc1ccc(CNC(=O)[C@@H](C)NC(=O)c2cccc(C)c2)cc1OC. The fourth-order valence-electron chi connectivity index (χ4n) is 2.46. The van der Waals surface area contributed by atoms with Crippen molar-refractivity contribution in [2.75, 3.05) is 14.2 Å². The van der Waals surface area contributed by atoms with Crippen molar-refractivity contribution in [3.05, 3.63) is 59.2 Å². The summed E-state index contributed by atoms with van der Waals surface area (Å²) in [6, 6.07) is 12.0.